The van der Waals surface area contributed by atoms with Crippen LogP contribution in [-0.4, -0.2) is 24.3 Å². The van der Waals surface area contributed by atoms with E-state index in [2.05, 4.69) is 5.38 Å². The van der Waals surface area contributed by atoms with Crippen molar-refractivity contribution < 1.29 is 9.47 Å². The first kappa shape index (κ1) is 11.2. The molecule has 18 heavy (non-hydrogen) atoms. The third-order valence-corrected chi connectivity index (χ3v) is 5.40. The quantitative estimate of drug-likeness (QED) is 0.841. The molecule has 2 aliphatic carbocycles. The second kappa shape index (κ2) is 4.49. The van der Waals surface area contributed by atoms with E-state index in [-0.39, 0.29) is 6.10 Å². The lowest BCUT2D eigenvalue weighted by atomic mass is 10.0. The number of hydrogen-bond donors (Lipinski definition) is 0. The number of nitrogens with zero attached hydrogens (tertiary/aromatic N) is 1. The molecule has 3 aliphatic rings. The lowest BCUT2D eigenvalue weighted by molar-refractivity contribution is 0.141. The molecule has 3 fully saturated rings. The first-order valence-corrected chi connectivity index (χ1v) is 7.99. The molecule has 2 saturated carbocycles. The van der Waals surface area contributed by atoms with Crippen molar-refractivity contribution in [3.05, 3.63) is 11.1 Å². The molecule has 98 valence electrons. The molecule has 4 atom stereocenters. The van der Waals surface area contributed by atoms with Crippen LogP contribution >= 0.6 is 11.3 Å². The number of hydrogen-bond acceptors (Lipinski definition) is 4. The maximum atomic E-state index is 5.87. The van der Waals surface area contributed by atoms with E-state index in [0.29, 0.717) is 0 Å². The minimum Gasteiger partial charge on any atom is -0.464 e. The van der Waals surface area contributed by atoms with Crippen molar-refractivity contribution in [2.24, 2.45) is 11.8 Å². The Morgan fingerprint density at radius 2 is 2.06 bits per heavy atom. The Hall–Kier alpha value is -0.610. The summed E-state index contributed by atoms with van der Waals surface area (Å²) >= 11 is 1.66. The summed E-state index contributed by atoms with van der Waals surface area (Å²) in [6, 6.07) is 0. The van der Waals surface area contributed by atoms with Gasteiger partial charge in [0.25, 0.3) is 5.19 Å². The molecule has 2 unspecified atom stereocenters. The van der Waals surface area contributed by atoms with E-state index in [4.69, 9.17) is 14.5 Å². The normalized spacial score (nSPS) is 38.4. The van der Waals surface area contributed by atoms with Crippen LogP contribution in [0.5, 0.6) is 5.19 Å². The van der Waals surface area contributed by atoms with Crippen LogP contribution in [0, 0.1) is 11.8 Å². The molecule has 0 radical (unpaired) electrons. The molecule has 1 saturated heterocycles. The minimum atomic E-state index is 0.227. The van der Waals surface area contributed by atoms with E-state index in [1.54, 1.807) is 11.3 Å². The summed E-state index contributed by atoms with van der Waals surface area (Å²) in [6.07, 6.45) is 6.91. The monoisotopic (exact) mass is 265 g/mol. The second-order valence-electron chi connectivity index (χ2n) is 5.78. The third kappa shape index (κ3) is 1.95. The highest BCUT2D eigenvalue weighted by atomic mass is 32.1. The molecule has 0 N–H and O–H groups in total. The third-order valence-electron chi connectivity index (χ3n) is 4.65. The van der Waals surface area contributed by atoms with E-state index in [1.807, 2.05) is 0 Å². The van der Waals surface area contributed by atoms with Crippen LogP contribution in [0.1, 0.15) is 43.7 Å². The summed E-state index contributed by atoms with van der Waals surface area (Å²) in [7, 11) is 0. The van der Waals surface area contributed by atoms with Crippen molar-refractivity contribution >= 4 is 11.3 Å². The highest BCUT2D eigenvalue weighted by Crippen LogP contribution is 2.61. The zero-order valence-electron chi connectivity index (χ0n) is 10.5. The van der Waals surface area contributed by atoms with Crippen LogP contribution in [0.2, 0.25) is 0 Å². The number of fused-ring (bicyclic) bond motifs is 1. The average molecular weight is 265 g/mol. The molecule has 0 aromatic carbocycles. The zero-order valence-corrected chi connectivity index (χ0v) is 11.3. The maximum absolute atomic E-state index is 5.87. The molecule has 4 heteroatoms. The predicted octanol–water partition coefficient (Wildman–Crippen LogP) is 3.21. The highest BCUT2D eigenvalue weighted by Gasteiger charge is 2.52. The molecule has 1 aromatic heterocycles. The fraction of sp³-hybridized carbons (Fsp3) is 0.786. The van der Waals surface area contributed by atoms with Crippen LogP contribution in [0.3, 0.4) is 0 Å². The summed E-state index contributed by atoms with van der Waals surface area (Å²) in [5.41, 5.74) is 1.30. The SMILES string of the molecule is c1sc(OC2CCOC2)nc1C1[C@H]2CCCC[C@@H]12. The van der Waals surface area contributed by atoms with Gasteiger partial charge in [-0.05, 0) is 24.7 Å². The first-order chi connectivity index (χ1) is 8.92. The summed E-state index contributed by atoms with van der Waals surface area (Å²) < 4.78 is 11.2. The summed E-state index contributed by atoms with van der Waals surface area (Å²) in [4.78, 5) is 4.70. The van der Waals surface area contributed by atoms with Crippen molar-refractivity contribution in [2.45, 2.75) is 44.1 Å². The lowest BCUT2D eigenvalue weighted by Gasteiger charge is -2.07. The van der Waals surface area contributed by atoms with Gasteiger partial charge >= 0.3 is 0 Å². The van der Waals surface area contributed by atoms with E-state index in [9.17, 15) is 0 Å². The standard InChI is InChI=1S/C14H19NO2S/c1-2-4-11-10(3-1)13(11)12-8-18-14(15-12)17-9-5-6-16-7-9/h8-11,13H,1-7H2/t9?,10-,11+,13?. The smallest absolute Gasteiger partial charge is 0.273 e. The van der Waals surface area contributed by atoms with Crippen LogP contribution in [0.15, 0.2) is 5.38 Å². The van der Waals surface area contributed by atoms with Crippen LogP contribution < -0.4 is 4.74 Å². The van der Waals surface area contributed by atoms with Crippen LogP contribution in [-0.2, 0) is 4.74 Å². The van der Waals surface area contributed by atoms with Crippen molar-refractivity contribution in [2.75, 3.05) is 13.2 Å². The fourth-order valence-corrected chi connectivity index (χ4v) is 4.44. The van der Waals surface area contributed by atoms with Crippen LogP contribution in [0.4, 0.5) is 0 Å². The van der Waals surface area contributed by atoms with Gasteiger partial charge < -0.3 is 9.47 Å². The van der Waals surface area contributed by atoms with E-state index >= 15 is 0 Å². The molecule has 0 amide bonds. The molecular formula is C14H19NO2S. The van der Waals surface area contributed by atoms with E-state index < -0.39 is 0 Å². The van der Waals surface area contributed by atoms with Gasteiger partial charge in [-0.25, -0.2) is 4.98 Å². The average Bonchev–Trinajstić information content (AvgIpc) is 2.78. The van der Waals surface area contributed by atoms with Gasteiger partial charge in [-0.15, -0.1) is 0 Å². The molecule has 1 aromatic rings. The molecule has 0 spiro atoms. The predicted molar refractivity (Wildman–Crippen MR) is 70.2 cm³/mol. The van der Waals surface area contributed by atoms with Gasteiger partial charge in [0.15, 0.2) is 0 Å². The van der Waals surface area contributed by atoms with Gasteiger partial charge in [-0.3, -0.25) is 0 Å². The van der Waals surface area contributed by atoms with Crippen LogP contribution in [0.25, 0.3) is 0 Å². The van der Waals surface area contributed by atoms with Crippen molar-refractivity contribution in [3.8, 4) is 5.19 Å². The second-order valence-corrected chi connectivity index (χ2v) is 6.60. The number of aromatic nitrogens is 1. The van der Waals surface area contributed by atoms with Gasteiger partial charge in [-0.2, -0.15) is 0 Å². The fourth-order valence-electron chi connectivity index (χ4n) is 3.66. The topological polar surface area (TPSA) is 31.4 Å². The number of rotatable bonds is 3. The van der Waals surface area contributed by atoms with Crippen molar-refractivity contribution in [1.29, 1.82) is 0 Å². The Bertz CT molecular complexity index is 415. The van der Waals surface area contributed by atoms with Gasteiger partial charge in [0.1, 0.15) is 6.10 Å². The van der Waals surface area contributed by atoms with Gasteiger partial charge in [-0.1, -0.05) is 24.2 Å². The van der Waals surface area contributed by atoms with Gasteiger partial charge in [0.2, 0.25) is 0 Å². The molecule has 3 nitrogen and oxygen atoms in total. The Morgan fingerprint density at radius 3 is 2.78 bits per heavy atom. The van der Waals surface area contributed by atoms with E-state index in [0.717, 1.165) is 42.6 Å². The Labute approximate surface area is 112 Å². The summed E-state index contributed by atoms with van der Waals surface area (Å²) in [6.45, 7) is 1.55. The Morgan fingerprint density at radius 1 is 1.22 bits per heavy atom. The lowest BCUT2D eigenvalue weighted by Crippen LogP contribution is -2.15. The summed E-state index contributed by atoms with van der Waals surface area (Å²) in [5.74, 6) is 2.62. The molecule has 2 heterocycles. The highest BCUT2D eigenvalue weighted by molar-refractivity contribution is 7.11. The summed E-state index contributed by atoms with van der Waals surface area (Å²) in [5, 5.41) is 3.07. The molecule has 1 aliphatic heterocycles. The zero-order chi connectivity index (χ0) is 11.9. The van der Waals surface area contributed by atoms with Gasteiger partial charge in [0.05, 0.1) is 18.9 Å². The minimum absolute atomic E-state index is 0.227. The van der Waals surface area contributed by atoms with Crippen molar-refractivity contribution in [3.63, 3.8) is 0 Å². The Kier molecular flexibility index (Phi) is 2.81. The number of thiazole rings is 1. The largest absolute Gasteiger partial charge is 0.464 e. The molecular weight excluding hydrogens is 246 g/mol. The maximum Gasteiger partial charge on any atom is 0.273 e. The van der Waals surface area contributed by atoms with E-state index in [1.165, 1.54) is 31.4 Å². The van der Waals surface area contributed by atoms with Crippen molar-refractivity contribution in [1.82, 2.24) is 4.98 Å². The first-order valence-electron chi connectivity index (χ1n) is 7.11. The Balaban J connectivity index is 1.42. The molecule has 0 bridgehead atoms. The van der Waals surface area contributed by atoms with Gasteiger partial charge in [0, 0.05) is 17.7 Å². The molecule has 4 rings (SSSR count). The number of ether oxygens (including phenoxy) is 2.